The summed E-state index contributed by atoms with van der Waals surface area (Å²) in [5, 5.41) is 5.42. The molecule has 2 N–H and O–H groups in total. The van der Waals surface area contributed by atoms with Crippen LogP contribution in [0.3, 0.4) is 0 Å². The molecule has 1 saturated heterocycles. The second-order valence-electron chi connectivity index (χ2n) is 4.21. The lowest BCUT2D eigenvalue weighted by Crippen LogP contribution is -2.47. The Hall–Kier alpha value is -0.780. The van der Waals surface area contributed by atoms with Crippen molar-refractivity contribution in [2.24, 2.45) is 0 Å². The van der Waals surface area contributed by atoms with E-state index in [1.54, 1.807) is 0 Å². The number of hydrogen-bond acceptors (Lipinski definition) is 3. The van der Waals surface area contributed by atoms with E-state index in [1.807, 2.05) is 6.92 Å². The standard InChI is InChI=1S/C10H20N2O3S/c1-2-3-6-11-10(13)12-9-5-4-7-16(14,15)8-9/h9H,2-8H2,1H3,(H2,11,12,13). The van der Waals surface area contributed by atoms with E-state index < -0.39 is 9.84 Å². The number of rotatable bonds is 4. The lowest BCUT2D eigenvalue weighted by molar-refractivity contribution is 0.237. The largest absolute Gasteiger partial charge is 0.338 e. The zero-order valence-corrected chi connectivity index (χ0v) is 10.5. The Bertz CT molecular complexity index is 327. The molecule has 0 aliphatic carbocycles. The Kier molecular flexibility index (Phi) is 5.05. The minimum Gasteiger partial charge on any atom is -0.338 e. The number of nitrogens with one attached hydrogen (secondary N) is 2. The van der Waals surface area contributed by atoms with Crippen LogP contribution in [0.25, 0.3) is 0 Å². The van der Waals surface area contributed by atoms with E-state index in [-0.39, 0.29) is 23.6 Å². The van der Waals surface area contributed by atoms with Crippen LogP contribution in [-0.4, -0.2) is 38.5 Å². The van der Waals surface area contributed by atoms with Gasteiger partial charge < -0.3 is 10.6 Å². The van der Waals surface area contributed by atoms with E-state index in [0.29, 0.717) is 13.0 Å². The second-order valence-corrected chi connectivity index (χ2v) is 6.44. The van der Waals surface area contributed by atoms with Crippen molar-refractivity contribution in [3.63, 3.8) is 0 Å². The number of amides is 2. The van der Waals surface area contributed by atoms with Crippen LogP contribution in [-0.2, 0) is 9.84 Å². The molecule has 0 bridgehead atoms. The van der Waals surface area contributed by atoms with Crippen molar-refractivity contribution in [1.29, 1.82) is 0 Å². The van der Waals surface area contributed by atoms with Crippen molar-refractivity contribution in [3.8, 4) is 0 Å². The van der Waals surface area contributed by atoms with Gasteiger partial charge in [0.2, 0.25) is 0 Å². The van der Waals surface area contributed by atoms with Gasteiger partial charge in [-0.25, -0.2) is 13.2 Å². The van der Waals surface area contributed by atoms with Gasteiger partial charge >= 0.3 is 6.03 Å². The van der Waals surface area contributed by atoms with Gasteiger partial charge in [-0.05, 0) is 19.3 Å². The maximum absolute atomic E-state index is 11.4. The smallest absolute Gasteiger partial charge is 0.315 e. The van der Waals surface area contributed by atoms with Crippen LogP contribution in [0.2, 0.25) is 0 Å². The summed E-state index contributed by atoms with van der Waals surface area (Å²) in [4.78, 5) is 11.4. The number of carbonyl (C=O) groups excluding carboxylic acids is 1. The van der Waals surface area contributed by atoms with Crippen molar-refractivity contribution in [2.45, 2.75) is 38.6 Å². The number of sulfone groups is 1. The molecule has 0 saturated carbocycles. The second kappa shape index (κ2) is 6.08. The zero-order chi connectivity index (χ0) is 12.0. The Labute approximate surface area is 96.9 Å². The Morgan fingerprint density at radius 2 is 2.19 bits per heavy atom. The SMILES string of the molecule is CCCCNC(=O)NC1CCCS(=O)(=O)C1. The van der Waals surface area contributed by atoms with E-state index >= 15 is 0 Å². The number of urea groups is 1. The van der Waals surface area contributed by atoms with E-state index in [9.17, 15) is 13.2 Å². The highest BCUT2D eigenvalue weighted by Crippen LogP contribution is 2.11. The van der Waals surface area contributed by atoms with Crippen LogP contribution < -0.4 is 10.6 Å². The highest BCUT2D eigenvalue weighted by Gasteiger charge is 2.25. The molecular weight excluding hydrogens is 228 g/mol. The lowest BCUT2D eigenvalue weighted by Gasteiger charge is -2.23. The monoisotopic (exact) mass is 248 g/mol. The topological polar surface area (TPSA) is 75.3 Å². The van der Waals surface area contributed by atoms with Gasteiger partial charge in [0, 0.05) is 12.6 Å². The molecule has 0 aromatic carbocycles. The van der Waals surface area contributed by atoms with Crippen molar-refractivity contribution in [3.05, 3.63) is 0 Å². The maximum Gasteiger partial charge on any atom is 0.315 e. The molecular formula is C10H20N2O3S. The number of carbonyl (C=O) groups is 1. The van der Waals surface area contributed by atoms with Crippen LogP contribution in [0.1, 0.15) is 32.6 Å². The third-order valence-electron chi connectivity index (χ3n) is 2.61. The van der Waals surface area contributed by atoms with Gasteiger partial charge in [0.05, 0.1) is 11.5 Å². The van der Waals surface area contributed by atoms with E-state index in [4.69, 9.17) is 0 Å². The van der Waals surface area contributed by atoms with Gasteiger partial charge in [0.15, 0.2) is 9.84 Å². The van der Waals surface area contributed by atoms with Gasteiger partial charge in [0.1, 0.15) is 0 Å². The summed E-state index contributed by atoms with van der Waals surface area (Å²) in [6.45, 7) is 2.69. The predicted octanol–water partition coefficient (Wildman–Crippen LogP) is 0.663. The third-order valence-corrected chi connectivity index (χ3v) is 4.44. The first-order valence-electron chi connectivity index (χ1n) is 5.78. The molecule has 1 heterocycles. The fraction of sp³-hybridized carbons (Fsp3) is 0.900. The summed E-state index contributed by atoms with van der Waals surface area (Å²) in [5.74, 6) is 0.330. The van der Waals surface area contributed by atoms with Gasteiger partial charge in [-0.15, -0.1) is 0 Å². The summed E-state index contributed by atoms with van der Waals surface area (Å²) < 4.78 is 22.7. The molecule has 2 amide bonds. The summed E-state index contributed by atoms with van der Waals surface area (Å²) >= 11 is 0. The molecule has 6 heteroatoms. The molecule has 0 aromatic rings. The van der Waals surface area contributed by atoms with Crippen LogP contribution in [0.4, 0.5) is 4.79 Å². The van der Waals surface area contributed by atoms with Crippen molar-refractivity contribution >= 4 is 15.9 Å². The Balaban J connectivity index is 2.28. The molecule has 1 atom stereocenters. The number of hydrogen-bond donors (Lipinski definition) is 2. The van der Waals surface area contributed by atoms with Crippen molar-refractivity contribution in [2.75, 3.05) is 18.1 Å². The van der Waals surface area contributed by atoms with Crippen LogP contribution in [0, 0.1) is 0 Å². The third kappa shape index (κ3) is 4.83. The average molecular weight is 248 g/mol. The van der Waals surface area contributed by atoms with E-state index in [2.05, 4.69) is 10.6 Å². The summed E-state index contributed by atoms with van der Waals surface area (Å²) in [6.07, 6.45) is 3.36. The average Bonchev–Trinajstić information content (AvgIpc) is 2.16. The molecule has 1 aliphatic heterocycles. The first-order valence-corrected chi connectivity index (χ1v) is 7.60. The molecule has 94 valence electrons. The Morgan fingerprint density at radius 1 is 1.44 bits per heavy atom. The Morgan fingerprint density at radius 3 is 2.81 bits per heavy atom. The highest BCUT2D eigenvalue weighted by atomic mass is 32.2. The molecule has 16 heavy (non-hydrogen) atoms. The summed E-state index contributed by atoms with van der Waals surface area (Å²) in [6, 6.07) is -0.476. The van der Waals surface area contributed by atoms with Crippen molar-refractivity contribution < 1.29 is 13.2 Å². The molecule has 1 aliphatic rings. The highest BCUT2D eigenvalue weighted by molar-refractivity contribution is 7.91. The molecule has 5 nitrogen and oxygen atoms in total. The summed E-state index contributed by atoms with van der Waals surface area (Å²) in [7, 11) is -2.95. The first-order chi connectivity index (χ1) is 7.53. The molecule has 1 fully saturated rings. The molecule has 1 rings (SSSR count). The first kappa shape index (κ1) is 13.3. The normalized spacial score (nSPS) is 23.7. The zero-order valence-electron chi connectivity index (χ0n) is 9.66. The maximum atomic E-state index is 11.4. The predicted molar refractivity (Wildman–Crippen MR) is 63.1 cm³/mol. The van der Waals surface area contributed by atoms with Gasteiger partial charge in [-0.1, -0.05) is 13.3 Å². The van der Waals surface area contributed by atoms with E-state index in [0.717, 1.165) is 19.3 Å². The van der Waals surface area contributed by atoms with E-state index in [1.165, 1.54) is 0 Å². The van der Waals surface area contributed by atoms with Gasteiger partial charge in [0.25, 0.3) is 0 Å². The molecule has 0 aromatic heterocycles. The van der Waals surface area contributed by atoms with Crippen molar-refractivity contribution in [1.82, 2.24) is 10.6 Å². The van der Waals surface area contributed by atoms with Crippen LogP contribution in [0.5, 0.6) is 0 Å². The van der Waals surface area contributed by atoms with Crippen LogP contribution >= 0.6 is 0 Å². The van der Waals surface area contributed by atoms with Gasteiger partial charge in [-0.3, -0.25) is 0 Å². The quantitative estimate of drug-likeness (QED) is 0.718. The number of unbranched alkanes of at least 4 members (excludes halogenated alkanes) is 1. The van der Waals surface area contributed by atoms with Gasteiger partial charge in [-0.2, -0.15) is 0 Å². The summed E-state index contributed by atoms with van der Waals surface area (Å²) in [5.41, 5.74) is 0. The molecule has 1 unspecified atom stereocenters. The fourth-order valence-corrected chi connectivity index (χ4v) is 3.39. The fourth-order valence-electron chi connectivity index (χ4n) is 1.75. The minimum absolute atomic E-state index is 0.0776. The minimum atomic E-state index is -2.95. The van der Waals surface area contributed by atoms with Crippen LogP contribution in [0.15, 0.2) is 0 Å². The lowest BCUT2D eigenvalue weighted by atomic mass is 10.2. The molecule has 0 radical (unpaired) electrons. The molecule has 0 spiro atoms.